The van der Waals surface area contributed by atoms with Crippen LogP contribution < -0.4 is 5.32 Å². The molecule has 10 heteroatoms. The van der Waals surface area contributed by atoms with E-state index in [0.717, 1.165) is 12.3 Å². The van der Waals surface area contributed by atoms with Gasteiger partial charge in [-0.1, -0.05) is 0 Å². The summed E-state index contributed by atoms with van der Waals surface area (Å²) >= 11 is 0. The molecule has 2 rings (SSSR count). The highest BCUT2D eigenvalue weighted by Gasteiger charge is 2.29. The SMILES string of the molecule is CC1CN(S(=O)(=O)c2ccc([N+](=O)[O-])cn2)CCN1.Cl. The van der Waals surface area contributed by atoms with Crippen LogP contribution in [0, 0.1) is 10.1 Å². The predicted octanol–water partition coefficient (Wildman–Crippen LogP) is 0.394. The predicted molar refractivity (Wildman–Crippen MR) is 74.4 cm³/mol. The monoisotopic (exact) mass is 322 g/mol. The van der Waals surface area contributed by atoms with Crippen LogP contribution in [0.5, 0.6) is 0 Å². The molecule has 1 aliphatic heterocycles. The van der Waals surface area contributed by atoms with Gasteiger partial charge in [0, 0.05) is 31.7 Å². The second-order valence-corrected chi connectivity index (χ2v) is 6.21. The Kier molecular flexibility index (Phi) is 5.40. The quantitative estimate of drug-likeness (QED) is 0.637. The lowest BCUT2D eigenvalue weighted by Crippen LogP contribution is -2.51. The number of piperazine rings is 1. The van der Waals surface area contributed by atoms with Gasteiger partial charge in [-0.3, -0.25) is 10.1 Å². The number of nitrogens with zero attached hydrogens (tertiary/aromatic N) is 3. The number of hydrogen-bond donors (Lipinski definition) is 1. The Morgan fingerprint density at radius 3 is 2.70 bits per heavy atom. The molecule has 0 spiro atoms. The summed E-state index contributed by atoms with van der Waals surface area (Å²) in [6.45, 7) is 3.20. The summed E-state index contributed by atoms with van der Waals surface area (Å²) in [5, 5.41) is 13.5. The number of rotatable bonds is 3. The first kappa shape index (κ1) is 16.8. The Morgan fingerprint density at radius 2 is 2.20 bits per heavy atom. The van der Waals surface area contributed by atoms with Crippen molar-refractivity contribution in [3.63, 3.8) is 0 Å². The van der Waals surface area contributed by atoms with Crippen molar-refractivity contribution in [2.45, 2.75) is 18.0 Å². The maximum absolute atomic E-state index is 12.3. The molecule has 1 aromatic heterocycles. The molecular formula is C10H15ClN4O4S. The Hall–Kier alpha value is -1.29. The molecule has 0 bridgehead atoms. The van der Waals surface area contributed by atoms with Gasteiger partial charge < -0.3 is 5.32 Å². The van der Waals surface area contributed by atoms with E-state index in [2.05, 4.69) is 10.3 Å². The minimum atomic E-state index is -3.68. The molecule has 1 saturated heterocycles. The van der Waals surface area contributed by atoms with Gasteiger partial charge in [0.25, 0.3) is 15.7 Å². The van der Waals surface area contributed by atoms with E-state index >= 15 is 0 Å². The standard InChI is InChI=1S/C10H14N4O4S.ClH/c1-8-7-13(5-4-11-8)19(17,18)10-3-2-9(6-12-10)14(15)16;/h2-3,6,8,11H,4-5,7H2,1H3;1H. The van der Waals surface area contributed by atoms with Crippen molar-refractivity contribution in [1.29, 1.82) is 0 Å². The van der Waals surface area contributed by atoms with Gasteiger partial charge >= 0.3 is 0 Å². The van der Waals surface area contributed by atoms with Gasteiger partial charge in [0.1, 0.15) is 6.20 Å². The largest absolute Gasteiger partial charge is 0.312 e. The lowest BCUT2D eigenvalue weighted by Gasteiger charge is -2.30. The molecule has 2 heterocycles. The van der Waals surface area contributed by atoms with Crippen molar-refractivity contribution < 1.29 is 13.3 Å². The van der Waals surface area contributed by atoms with Crippen molar-refractivity contribution in [2.24, 2.45) is 0 Å². The Morgan fingerprint density at radius 1 is 1.50 bits per heavy atom. The second kappa shape index (κ2) is 6.44. The Bertz CT molecular complexity index is 577. The second-order valence-electron chi connectivity index (χ2n) is 4.33. The van der Waals surface area contributed by atoms with E-state index in [1.54, 1.807) is 0 Å². The van der Waals surface area contributed by atoms with Gasteiger partial charge in [-0.15, -0.1) is 12.4 Å². The van der Waals surface area contributed by atoms with E-state index in [-0.39, 0.29) is 29.2 Å². The molecule has 0 saturated carbocycles. The van der Waals surface area contributed by atoms with Crippen LogP contribution >= 0.6 is 12.4 Å². The molecule has 8 nitrogen and oxygen atoms in total. The minimum Gasteiger partial charge on any atom is -0.312 e. The molecule has 0 radical (unpaired) electrons. The molecule has 0 aliphatic carbocycles. The van der Waals surface area contributed by atoms with E-state index in [1.165, 1.54) is 10.4 Å². The van der Waals surface area contributed by atoms with E-state index in [1.807, 2.05) is 6.92 Å². The van der Waals surface area contributed by atoms with Crippen molar-refractivity contribution in [1.82, 2.24) is 14.6 Å². The molecular weight excluding hydrogens is 308 g/mol. The van der Waals surface area contributed by atoms with Crippen molar-refractivity contribution >= 4 is 28.1 Å². The lowest BCUT2D eigenvalue weighted by atomic mass is 10.3. The van der Waals surface area contributed by atoms with E-state index in [0.29, 0.717) is 19.6 Å². The van der Waals surface area contributed by atoms with Crippen LogP contribution in [0.1, 0.15) is 6.92 Å². The molecule has 1 aliphatic rings. The number of aromatic nitrogens is 1. The van der Waals surface area contributed by atoms with Gasteiger partial charge in [-0.05, 0) is 13.0 Å². The van der Waals surface area contributed by atoms with Gasteiger partial charge in [0.15, 0.2) is 5.03 Å². The first-order valence-electron chi connectivity index (χ1n) is 5.75. The zero-order valence-electron chi connectivity index (χ0n) is 10.7. The van der Waals surface area contributed by atoms with Gasteiger partial charge in [0.05, 0.1) is 4.92 Å². The highest BCUT2D eigenvalue weighted by molar-refractivity contribution is 7.89. The third-order valence-corrected chi connectivity index (χ3v) is 4.65. The molecule has 0 amide bonds. The average Bonchev–Trinajstić information content (AvgIpc) is 2.39. The summed E-state index contributed by atoms with van der Waals surface area (Å²) in [4.78, 5) is 13.6. The summed E-state index contributed by atoms with van der Waals surface area (Å²) in [5.41, 5.74) is -0.229. The smallest absolute Gasteiger partial charge is 0.287 e. The fraction of sp³-hybridized carbons (Fsp3) is 0.500. The molecule has 1 N–H and O–H groups in total. The summed E-state index contributed by atoms with van der Waals surface area (Å²) in [6, 6.07) is 2.38. The summed E-state index contributed by atoms with van der Waals surface area (Å²) < 4.78 is 25.9. The highest BCUT2D eigenvalue weighted by atomic mass is 35.5. The van der Waals surface area contributed by atoms with Crippen LogP contribution in [-0.2, 0) is 10.0 Å². The minimum absolute atomic E-state index is 0. The molecule has 1 unspecified atom stereocenters. The number of nitrogens with one attached hydrogen (secondary N) is 1. The average molecular weight is 323 g/mol. The van der Waals surface area contributed by atoms with Gasteiger partial charge in [0.2, 0.25) is 0 Å². The van der Waals surface area contributed by atoms with Gasteiger partial charge in [-0.25, -0.2) is 13.4 Å². The van der Waals surface area contributed by atoms with Crippen LogP contribution in [0.3, 0.4) is 0 Å². The fourth-order valence-electron chi connectivity index (χ4n) is 1.88. The summed E-state index contributed by atoms with van der Waals surface area (Å²) in [7, 11) is -3.68. The number of sulfonamides is 1. The Balaban J connectivity index is 0.00000200. The number of nitro groups is 1. The number of pyridine rings is 1. The van der Waals surface area contributed by atoms with Crippen LogP contribution in [-0.4, -0.2) is 48.3 Å². The summed E-state index contributed by atoms with van der Waals surface area (Å²) in [6.07, 6.45) is 0.957. The van der Waals surface area contributed by atoms with Crippen LogP contribution in [0.25, 0.3) is 0 Å². The third kappa shape index (κ3) is 3.42. The van der Waals surface area contributed by atoms with E-state index < -0.39 is 14.9 Å². The highest BCUT2D eigenvalue weighted by Crippen LogP contribution is 2.17. The van der Waals surface area contributed by atoms with Crippen molar-refractivity contribution in [3.8, 4) is 0 Å². The van der Waals surface area contributed by atoms with Crippen molar-refractivity contribution in [2.75, 3.05) is 19.6 Å². The van der Waals surface area contributed by atoms with Crippen LogP contribution in [0.2, 0.25) is 0 Å². The fourth-order valence-corrected chi connectivity index (χ4v) is 3.32. The third-order valence-electron chi connectivity index (χ3n) is 2.87. The molecule has 1 fully saturated rings. The summed E-state index contributed by atoms with van der Waals surface area (Å²) in [5.74, 6) is 0. The first-order chi connectivity index (χ1) is 8.91. The maximum Gasteiger partial charge on any atom is 0.287 e. The topological polar surface area (TPSA) is 105 Å². The number of halogens is 1. The molecule has 1 atom stereocenters. The number of hydrogen-bond acceptors (Lipinski definition) is 6. The Labute approximate surface area is 122 Å². The zero-order chi connectivity index (χ0) is 14.0. The maximum atomic E-state index is 12.3. The van der Waals surface area contributed by atoms with E-state index in [4.69, 9.17) is 0 Å². The first-order valence-corrected chi connectivity index (χ1v) is 7.19. The van der Waals surface area contributed by atoms with Gasteiger partial charge in [-0.2, -0.15) is 4.31 Å². The molecule has 0 aromatic carbocycles. The molecule has 20 heavy (non-hydrogen) atoms. The zero-order valence-corrected chi connectivity index (χ0v) is 12.4. The van der Waals surface area contributed by atoms with E-state index in [9.17, 15) is 18.5 Å². The molecule has 1 aromatic rings. The van der Waals surface area contributed by atoms with Crippen LogP contribution in [0.15, 0.2) is 23.4 Å². The normalized spacial score (nSPS) is 20.1. The van der Waals surface area contributed by atoms with Crippen molar-refractivity contribution in [3.05, 3.63) is 28.4 Å². The molecule has 112 valence electrons. The van der Waals surface area contributed by atoms with Crippen LogP contribution in [0.4, 0.5) is 5.69 Å². The lowest BCUT2D eigenvalue weighted by molar-refractivity contribution is -0.385.